The minimum Gasteiger partial charge on any atom is -0.395 e. The van der Waals surface area contributed by atoms with E-state index in [1.807, 2.05) is 13.0 Å². The van der Waals surface area contributed by atoms with Crippen molar-refractivity contribution in [1.82, 2.24) is 14.7 Å². The Bertz CT molecular complexity index is 328. The zero-order chi connectivity index (χ0) is 12.1. The second kappa shape index (κ2) is 5.91. The zero-order valence-electron chi connectivity index (χ0n) is 9.53. The van der Waals surface area contributed by atoms with E-state index in [1.54, 1.807) is 11.7 Å². The third-order valence-electron chi connectivity index (χ3n) is 2.30. The molecule has 0 aromatic carbocycles. The number of aliphatic hydroxyl groups excluding tert-OH is 1. The molecule has 0 saturated heterocycles. The monoisotopic (exact) mass is 233 g/mol. The normalized spacial score (nSPS) is 11.7. The van der Waals surface area contributed by atoms with Gasteiger partial charge in [-0.25, -0.2) is 8.78 Å². The van der Waals surface area contributed by atoms with Crippen molar-refractivity contribution in [2.24, 2.45) is 7.05 Å². The average Bonchev–Trinajstić information content (AvgIpc) is 2.44. The maximum Gasteiger partial charge on any atom is 0.251 e. The highest BCUT2D eigenvalue weighted by molar-refractivity contribution is 5.08. The third-order valence-corrected chi connectivity index (χ3v) is 2.30. The van der Waals surface area contributed by atoms with Gasteiger partial charge in [0, 0.05) is 20.1 Å². The van der Waals surface area contributed by atoms with Crippen LogP contribution >= 0.6 is 0 Å². The summed E-state index contributed by atoms with van der Waals surface area (Å²) in [5.41, 5.74) is 1.73. The van der Waals surface area contributed by atoms with E-state index in [1.165, 1.54) is 4.90 Å². The molecule has 0 fully saturated rings. The van der Waals surface area contributed by atoms with E-state index < -0.39 is 6.43 Å². The molecule has 0 aliphatic heterocycles. The van der Waals surface area contributed by atoms with Gasteiger partial charge in [-0.2, -0.15) is 5.10 Å². The number of aryl methyl sites for hydroxylation is 2. The van der Waals surface area contributed by atoms with Crippen molar-refractivity contribution in [3.8, 4) is 0 Å². The highest BCUT2D eigenvalue weighted by Crippen LogP contribution is 2.08. The van der Waals surface area contributed by atoms with Gasteiger partial charge in [-0.15, -0.1) is 0 Å². The molecule has 1 rings (SSSR count). The van der Waals surface area contributed by atoms with Gasteiger partial charge in [-0.3, -0.25) is 9.58 Å². The van der Waals surface area contributed by atoms with E-state index in [2.05, 4.69) is 5.10 Å². The topological polar surface area (TPSA) is 41.3 Å². The van der Waals surface area contributed by atoms with Crippen LogP contribution in [-0.4, -0.2) is 45.9 Å². The zero-order valence-corrected chi connectivity index (χ0v) is 9.53. The molecule has 0 aliphatic carbocycles. The molecule has 4 nitrogen and oxygen atoms in total. The predicted octanol–water partition coefficient (Wildman–Crippen LogP) is 0.788. The summed E-state index contributed by atoms with van der Waals surface area (Å²) in [5, 5.41) is 12.9. The summed E-state index contributed by atoms with van der Waals surface area (Å²) in [5.74, 6) is 0. The second-order valence-electron chi connectivity index (χ2n) is 3.75. The van der Waals surface area contributed by atoms with Gasteiger partial charge >= 0.3 is 0 Å². The van der Waals surface area contributed by atoms with E-state index in [-0.39, 0.29) is 19.7 Å². The lowest BCUT2D eigenvalue weighted by atomic mass is 10.3. The summed E-state index contributed by atoms with van der Waals surface area (Å²) in [6.45, 7) is 2.03. The number of halogens is 2. The molecule has 92 valence electrons. The molecule has 1 aromatic rings. The van der Waals surface area contributed by atoms with Gasteiger partial charge < -0.3 is 5.11 Å². The summed E-state index contributed by atoms with van der Waals surface area (Å²) in [7, 11) is 1.78. The van der Waals surface area contributed by atoms with Gasteiger partial charge in [0.25, 0.3) is 6.43 Å². The first-order chi connectivity index (χ1) is 7.52. The Balaban J connectivity index is 2.63. The maximum atomic E-state index is 12.3. The van der Waals surface area contributed by atoms with Crippen molar-refractivity contribution in [1.29, 1.82) is 0 Å². The van der Waals surface area contributed by atoms with Crippen LogP contribution in [0.15, 0.2) is 6.07 Å². The lowest BCUT2D eigenvalue weighted by Gasteiger charge is -2.20. The van der Waals surface area contributed by atoms with Crippen LogP contribution in [0.2, 0.25) is 0 Å². The van der Waals surface area contributed by atoms with Gasteiger partial charge in [0.15, 0.2) is 0 Å². The fourth-order valence-corrected chi connectivity index (χ4v) is 1.61. The molecule has 6 heteroatoms. The molecule has 0 atom stereocenters. The van der Waals surface area contributed by atoms with E-state index in [4.69, 9.17) is 5.11 Å². The van der Waals surface area contributed by atoms with E-state index in [0.717, 1.165) is 11.4 Å². The summed E-state index contributed by atoms with van der Waals surface area (Å²) in [4.78, 5) is 1.52. The Kier molecular flexibility index (Phi) is 4.82. The predicted molar refractivity (Wildman–Crippen MR) is 56.3 cm³/mol. The molecule has 0 spiro atoms. The van der Waals surface area contributed by atoms with E-state index >= 15 is 0 Å². The van der Waals surface area contributed by atoms with Crippen molar-refractivity contribution in [3.63, 3.8) is 0 Å². The lowest BCUT2D eigenvalue weighted by Crippen LogP contribution is -2.31. The Hall–Kier alpha value is -1.01. The largest absolute Gasteiger partial charge is 0.395 e. The van der Waals surface area contributed by atoms with Crippen LogP contribution in [0.5, 0.6) is 0 Å². The minimum absolute atomic E-state index is 0.121. The first kappa shape index (κ1) is 13.1. The Morgan fingerprint density at radius 2 is 2.25 bits per heavy atom. The summed E-state index contributed by atoms with van der Waals surface area (Å²) in [6.07, 6.45) is -2.39. The van der Waals surface area contributed by atoms with Crippen molar-refractivity contribution in [2.75, 3.05) is 19.7 Å². The smallest absolute Gasteiger partial charge is 0.251 e. The summed E-state index contributed by atoms with van der Waals surface area (Å²) >= 11 is 0. The highest BCUT2D eigenvalue weighted by atomic mass is 19.3. The number of hydrogen-bond acceptors (Lipinski definition) is 3. The lowest BCUT2D eigenvalue weighted by molar-refractivity contribution is 0.0734. The molecule has 1 heterocycles. The first-order valence-electron chi connectivity index (χ1n) is 5.13. The Morgan fingerprint density at radius 3 is 2.69 bits per heavy atom. The molecule has 1 N–H and O–H groups in total. The number of aromatic nitrogens is 2. The molecule has 1 aromatic heterocycles. The fraction of sp³-hybridized carbons (Fsp3) is 0.700. The molecule has 0 radical (unpaired) electrons. The molecule has 0 saturated carbocycles. The number of aliphatic hydroxyl groups is 1. The second-order valence-corrected chi connectivity index (χ2v) is 3.75. The number of alkyl halides is 2. The van der Waals surface area contributed by atoms with Crippen LogP contribution in [0.4, 0.5) is 8.78 Å². The summed E-state index contributed by atoms with van der Waals surface area (Å²) < 4.78 is 26.2. The quantitative estimate of drug-likeness (QED) is 0.789. The molecular formula is C10H17F2N3O. The van der Waals surface area contributed by atoms with Crippen LogP contribution in [0, 0.1) is 6.92 Å². The molecular weight excluding hydrogens is 216 g/mol. The van der Waals surface area contributed by atoms with Gasteiger partial charge in [0.1, 0.15) is 0 Å². The average molecular weight is 233 g/mol. The van der Waals surface area contributed by atoms with Crippen molar-refractivity contribution in [3.05, 3.63) is 17.5 Å². The molecule has 16 heavy (non-hydrogen) atoms. The SMILES string of the molecule is Cc1cc(CN(CCO)CC(F)F)n(C)n1. The standard InChI is InChI=1S/C10H17F2N3O/c1-8-5-9(14(2)13-8)6-15(3-4-16)7-10(11)12/h5,10,16H,3-4,6-7H2,1-2H3. The summed E-state index contributed by atoms with van der Waals surface area (Å²) in [6, 6.07) is 1.86. The van der Waals surface area contributed by atoms with E-state index in [0.29, 0.717) is 6.54 Å². The van der Waals surface area contributed by atoms with Gasteiger partial charge in [0.2, 0.25) is 0 Å². The van der Waals surface area contributed by atoms with Crippen LogP contribution in [0.25, 0.3) is 0 Å². The highest BCUT2D eigenvalue weighted by Gasteiger charge is 2.14. The number of nitrogens with zero attached hydrogens (tertiary/aromatic N) is 3. The van der Waals surface area contributed by atoms with Crippen LogP contribution in [-0.2, 0) is 13.6 Å². The molecule has 0 aliphatic rings. The van der Waals surface area contributed by atoms with Gasteiger partial charge in [0.05, 0.1) is 24.5 Å². The molecule has 0 amide bonds. The van der Waals surface area contributed by atoms with Crippen LogP contribution in [0.3, 0.4) is 0 Å². The van der Waals surface area contributed by atoms with Gasteiger partial charge in [-0.05, 0) is 13.0 Å². The van der Waals surface area contributed by atoms with Crippen molar-refractivity contribution >= 4 is 0 Å². The van der Waals surface area contributed by atoms with Crippen molar-refractivity contribution in [2.45, 2.75) is 19.9 Å². The Morgan fingerprint density at radius 1 is 1.56 bits per heavy atom. The third kappa shape index (κ3) is 3.86. The van der Waals surface area contributed by atoms with Crippen LogP contribution in [0.1, 0.15) is 11.4 Å². The van der Waals surface area contributed by atoms with Crippen LogP contribution < -0.4 is 0 Å². The molecule has 0 bridgehead atoms. The van der Waals surface area contributed by atoms with E-state index in [9.17, 15) is 8.78 Å². The minimum atomic E-state index is -2.39. The number of hydrogen-bond donors (Lipinski definition) is 1. The molecule has 0 unspecified atom stereocenters. The van der Waals surface area contributed by atoms with Gasteiger partial charge in [-0.1, -0.05) is 0 Å². The number of rotatable bonds is 6. The Labute approximate surface area is 93.5 Å². The maximum absolute atomic E-state index is 12.3. The van der Waals surface area contributed by atoms with Crippen molar-refractivity contribution < 1.29 is 13.9 Å². The fourth-order valence-electron chi connectivity index (χ4n) is 1.61. The first-order valence-corrected chi connectivity index (χ1v) is 5.13.